The van der Waals surface area contributed by atoms with Gasteiger partial charge in [0, 0.05) is 13.0 Å². The number of nitrogens with one attached hydrogen (secondary N) is 1. The van der Waals surface area contributed by atoms with E-state index in [1.165, 1.54) is 21.1 Å². The highest BCUT2D eigenvalue weighted by molar-refractivity contribution is 5.94. The molecule has 0 aliphatic heterocycles. The van der Waals surface area contributed by atoms with Crippen molar-refractivity contribution in [1.82, 2.24) is 0 Å². The van der Waals surface area contributed by atoms with Gasteiger partial charge in [0.15, 0.2) is 6.61 Å². The zero-order valence-corrected chi connectivity index (χ0v) is 10.5. The van der Waals surface area contributed by atoms with Gasteiger partial charge in [0.2, 0.25) is 0 Å². The van der Waals surface area contributed by atoms with Crippen LogP contribution in [0.4, 0.5) is 5.69 Å². The lowest BCUT2D eigenvalue weighted by Gasteiger charge is -2.11. The summed E-state index contributed by atoms with van der Waals surface area (Å²) in [5, 5.41) is 2.57. The monoisotopic (exact) mass is 253 g/mol. The Hall–Kier alpha value is -2.24. The summed E-state index contributed by atoms with van der Waals surface area (Å²) in [6, 6.07) is 4.97. The van der Waals surface area contributed by atoms with Crippen LogP contribution >= 0.6 is 0 Å². The van der Waals surface area contributed by atoms with Gasteiger partial charge in [-0.3, -0.25) is 9.59 Å². The van der Waals surface area contributed by atoms with E-state index in [1.54, 1.807) is 18.2 Å². The summed E-state index contributed by atoms with van der Waals surface area (Å²) in [6.07, 6.45) is 0. The summed E-state index contributed by atoms with van der Waals surface area (Å²) in [4.78, 5) is 22.0. The van der Waals surface area contributed by atoms with E-state index in [0.29, 0.717) is 17.2 Å². The van der Waals surface area contributed by atoms with Gasteiger partial charge in [-0.2, -0.15) is 0 Å². The molecule has 0 aliphatic rings. The van der Waals surface area contributed by atoms with E-state index in [9.17, 15) is 9.59 Å². The summed E-state index contributed by atoms with van der Waals surface area (Å²) in [5.41, 5.74) is 0.482. The number of amides is 1. The second-order valence-corrected chi connectivity index (χ2v) is 3.39. The molecule has 0 aliphatic carbocycles. The van der Waals surface area contributed by atoms with Crippen molar-refractivity contribution in [2.45, 2.75) is 6.92 Å². The average Bonchev–Trinajstić information content (AvgIpc) is 2.36. The predicted octanol–water partition coefficient (Wildman–Crippen LogP) is 1.21. The Labute approximate surface area is 105 Å². The van der Waals surface area contributed by atoms with Crippen LogP contribution < -0.4 is 14.8 Å². The van der Waals surface area contributed by atoms with E-state index in [0.717, 1.165) is 0 Å². The normalized spacial score (nSPS) is 9.50. The van der Waals surface area contributed by atoms with Crippen LogP contribution in [0, 0.1) is 0 Å². The lowest BCUT2D eigenvalue weighted by Crippen LogP contribution is -2.20. The largest absolute Gasteiger partial charge is 0.497 e. The molecule has 0 bridgehead atoms. The zero-order chi connectivity index (χ0) is 13.5. The molecule has 0 saturated heterocycles. The Morgan fingerprint density at radius 2 is 1.94 bits per heavy atom. The minimum Gasteiger partial charge on any atom is -0.497 e. The molecule has 0 spiro atoms. The van der Waals surface area contributed by atoms with Gasteiger partial charge in [-0.15, -0.1) is 0 Å². The third-order valence-electron chi connectivity index (χ3n) is 2.09. The Balaban J connectivity index is 2.71. The smallest absolute Gasteiger partial charge is 0.303 e. The van der Waals surface area contributed by atoms with E-state index in [4.69, 9.17) is 9.47 Å². The summed E-state index contributed by atoms with van der Waals surface area (Å²) in [5.74, 6) is 0.135. The molecule has 98 valence electrons. The average molecular weight is 253 g/mol. The molecule has 6 nitrogen and oxygen atoms in total. The fourth-order valence-electron chi connectivity index (χ4n) is 1.26. The summed E-state index contributed by atoms with van der Waals surface area (Å²) < 4.78 is 14.7. The highest BCUT2D eigenvalue weighted by Gasteiger charge is 2.09. The third-order valence-corrected chi connectivity index (χ3v) is 2.09. The van der Waals surface area contributed by atoms with Crippen LogP contribution in [0.1, 0.15) is 6.92 Å². The number of hydrogen-bond acceptors (Lipinski definition) is 5. The van der Waals surface area contributed by atoms with Crippen molar-refractivity contribution in [3.05, 3.63) is 18.2 Å². The van der Waals surface area contributed by atoms with Crippen molar-refractivity contribution in [2.24, 2.45) is 0 Å². The van der Waals surface area contributed by atoms with Gasteiger partial charge in [-0.1, -0.05) is 0 Å². The minimum atomic E-state index is -0.508. The molecule has 1 aromatic rings. The maximum absolute atomic E-state index is 11.5. The molecular formula is C12H15NO5. The standard InChI is InChI=1S/C12H15NO5/c1-8(14)18-7-12(15)13-10-5-4-9(16-2)6-11(10)17-3/h4-6H,7H2,1-3H3,(H,13,15). The van der Waals surface area contributed by atoms with Gasteiger partial charge in [0.25, 0.3) is 5.91 Å². The Bertz CT molecular complexity index is 444. The summed E-state index contributed by atoms with van der Waals surface area (Å²) >= 11 is 0. The maximum atomic E-state index is 11.5. The number of carbonyl (C=O) groups is 2. The first-order valence-electron chi connectivity index (χ1n) is 5.22. The molecule has 0 radical (unpaired) electrons. The summed E-state index contributed by atoms with van der Waals surface area (Å²) in [7, 11) is 3.02. The molecule has 0 unspecified atom stereocenters. The van der Waals surface area contributed by atoms with Crippen LogP contribution in [-0.4, -0.2) is 32.7 Å². The van der Waals surface area contributed by atoms with Crippen molar-refractivity contribution < 1.29 is 23.8 Å². The molecule has 0 saturated carbocycles. The number of hydrogen-bond donors (Lipinski definition) is 1. The quantitative estimate of drug-likeness (QED) is 0.798. The number of anilines is 1. The predicted molar refractivity (Wildman–Crippen MR) is 64.8 cm³/mol. The van der Waals surface area contributed by atoms with Crippen LogP contribution in [0.15, 0.2) is 18.2 Å². The Morgan fingerprint density at radius 3 is 2.50 bits per heavy atom. The van der Waals surface area contributed by atoms with Gasteiger partial charge < -0.3 is 19.5 Å². The van der Waals surface area contributed by atoms with Crippen LogP contribution in [0.3, 0.4) is 0 Å². The number of esters is 1. The minimum absolute atomic E-state index is 0.329. The Kier molecular flexibility index (Phi) is 4.98. The van der Waals surface area contributed by atoms with Crippen molar-refractivity contribution in [1.29, 1.82) is 0 Å². The SMILES string of the molecule is COc1ccc(NC(=O)COC(C)=O)c(OC)c1. The van der Waals surface area contributed by atoms with Gasteiger partial charge in [-0.05, 0) is 12.1 Å². The molecule has 0 fully saturated rings. The molecule has 18 heavy (non-hydrogen) atoms. The molecule has 1 aromatic carbocycles. The first kappa shape index (κ1) is 13.8. The van der Waals surface area contributed by atoms with Gasteiger partial charge in [0.1, 0.15) is 11.5 Å². The highest BCUT2D eigenvalue weighted by Crippen LogP contribution is 2.28. The Morgan fingerprint density at radius 1 is 1.22 bits per heavy atom. The highest BCUT2D eigenvalue weighted by atomic mass is 16.5. The van der Waals surface area contributed by atoms with E-state index in [1.807, 2.05) is 0 Å². The first-order chi connectivity index (χ1) is 8.56. The zero-order valence-electron chi connectivity index (χ0n) is 10.5. The molecule has 0 aromatic heterocycles. The lowest BCUT2D eigenvalue weighted by molar-refractivity contribution is -0.144. The molecular weight excluding hydrogens is 238 g/mol. The van der Waals surface area contributed by atoms with Gasteiger partial charge in [0.05, 0.1) is 19.9 Å². The van der Waals surface area contributed by atoms with Crippen molar-refractivity contribution in [2.75, 3.05) is 26.1 Å². The molecule has 1 N–H and O–H groups in total. The van der Waals surface area contributed by atoms with Crippen molar-refractivity contribution in [3.63, 3.8) is 0 Å². The molecule has 6 heteroatoms. The first-order valence-corrected chi connectivity index (χ1v) is 5.22. The van der Waals surface area contributed by atoms with E-state index < -0.39 is 11.9 Å². The van der Waals surface area contributed by atoms with E-state index >= 15 is 0 Å². The number of benzene rings is 1. The van der Waals surface area contributed by atoms with Crippen LogP contribution in [0.5, 0.6) is 11.5 Å². The molecule has 1 amide bonds. The second kappa shape index (κ2) is 6.48. The number of ether oxygens (including phenoxy) is 3. The van der Waals surface area contributed by atoms with E-state index in [2.05, 4.69) is 10.1 Å². The van der Waals surface area contributed by atoms with Crippen molar-refractivity contribution >= 4 is 17.6 Å². The topological polar surface area (TPSA) is 73.9 Å². The van der Waals surface area contributed by atoms with Crippen LogP contribution in [0.25, 0.3) is 0 Å². The van der Waals surface area contributed by atoms with Crippen molar-refractivity contribution in [3.8, 4) is 11.5 Å². The molecule has 1 rings (SSSR count). The van der Waals surface area contributed by atoms with Crippen LogP contribution in [-0.2, 0) is 14.3 Å². The number of methoxy groups -OCH3 is 2. The van der Waals surface area contributed by atoms with Gasteiger partial charge >= 0.3 is 5.97 Å². The fourth-order valence-corrected chi connectivity index (χ4v) is 1.26. The second-order valence-electron chi connectivity index (χ2n) is 3.39. The third kappa shape index (κ3) is 3.97. The van der Waals surface area contributed by atoms with E-state index in [-0.39, 0.29) is 6.61 Å². The number of rotatable bonds is 5. The fraction of sp³-hybridized carbons (Fsp3) is 0.333. The van der Waals surface area contributed by atoms with Gasteiger partial charge in [-0.25, -0.2) is 0 Å². The lowest BCUT2D eigenvalue weighted by atomic mass is 10.2. The maximum Gasteiger partial charge on any atom is 0.303 e. The summed E-state index contributed by atoms with van der Waals surface area (Å²) in [6.45, 7) is 0.908. The number of carbonyl (C=O) groups excluding carboxylic acids is 2. The molecule has 0 atom stereocenters. The molecule has 0 heterocycles. The van der Waals surface area contributed by atoms with Crippen LogP contribution in [0.2, 0.25) is 0 Å².